The van der Waals surface area contributed by atoms with Gasteiger partial charge in [0.05, 0.1) is 5.69 Å². The summed E-state index contributed by atoms with van der Waals surface area (Å²) in [6.07, 6.45) is 8.41. The molecule has 2 aliphatic rings. The molecule has 1 aromatic rings. The maximum Gasteiger partial charge on any atom is 0.220 e. The molecule has 1 aliphatic carbocycles. The van der Waals surface area contributed by atoms with Crippen LogP contribution in [0.1, 0.15) is 38.3 Å². The molecule has 0 radical (unpaired) electrons. The van der Waals surface area contributed by atoms with E-state index in [2.05, 4.69) is 21.4 Å². The predicted molar refractivity (Wildman–Crippen MR) is 105 cm³/mol. The number of aliphatic imine (C=N–C) groups is 1. The van der Waals surface area contributed by atoms with Gasteiger partial charge in [0.15, 0.2) is 5.96 Å². The Balaban J connectivity index is 1.53. The molecule has 1 aromatic heterocycles. The standard InChI is InChI=1S/C18H29N5O3S/c1-2-19-18(20-9-7-16-5-3-4-6-16)22-10-12-23(13-11-22)27(24,25)15-17-8-14-26-21-17/h5,8,14H,2-4,6-7,9-13,15H2,1H3,(H,19,20). The number of guanidine groups is 1. The highest BCUT2D eigenvalue weighted by molar-refractivity contribution is 7.88. The molecule has 0 bridgehead atoms. The Hall–Kier alpha value is -1.87. The largest absolute Gasteiger partial charge is 0.364 e. The summed E-state index contributed by atoms with van der Waals surface area (Å²) in [7, 11) is -3.38. The molecule has 3 rings (SSSR count). The molecule has 1 saturated heterocycles. The van der Waals surface area contributed by atoms with Crippen molar-refractivity contribution >= 4 is 16.0 Å². The quantitative estimate of drug-likeness (QED) is 0.428. The summed E-state index contributed by atoms with van der Waals surface area (Å²) in [5.74, 6) is 0.761. The second kappa shape index (κ2) is 9.36. The van der Waals surface area contributed by atoms with Gasteiger partial charge in [-0.3, -0.25) is 4.99 Å². The number of nitrogens with zero attached hydrogens (tertiary/aromatic N) is 4. The summed E-state index contributed by atoms with van der Waals surface area (Å²) in [5.41, 5.74) is 1.95. The highest BCUT2D eigenvalue weighted by atomic mass is 32.2. The average Bonchev–Trinajstić information content (AvgIpc) is 3.35. The van der Waals surface area contributed by atoms with E-state index in [1.165, 1.54) is 35.4 Å². The van der Waals surface area contributed by atoms with Crippen molar-refractivity contribution in [3.63, 3.8) is 0 Å². The van der Waals surface area contributed by atoms with Gasteiger partial charge in [-0.2, -0.15) is 4.31 Å². The lowest BCUT2D eigenvalue weighted by atomic mass is 10.2. The second-order valence-corrected chi connectivity index (χ2v) is 8.84. The first-order valence-corrected chi connectivity index (χ1v) is 11.3. The van der Waals surface area contributed by atoms with Gasteiger partial charge in [0.2, 0.25) is 10.0 Å². The molecule has 1 N–H and O–H groups in total. The molecule has 0 aromatic carbocycles. The fourth-order valence-corrected chi connectivity index (χ4v) is 4.89. The first kappa shape index (κ1) is 19.9. The number of piperazine rings is 1. The van der Waals surface area contributed by atoms with E-state index in [-0.39, 0.29) is 5.75 Å². The second-order valence-electron chi connectivity index (χ2n) is 6.87. The van der Waals surface area contributed by atoms with Gasteiger partial charge in [0.1, 0.15) is 12.0 Å². The molecule has 1 fully saturated rings. The van der Waals surface area contributed by atoms with Gasteiger partial charge in [-0.15, -0.1) is 0 Å². The molecule has 2 heterocycles. The van der Waals surface area contributed by atoms with Crippen LogP contribution in [-0.4, -0.2) is 68.0 Å². The monoisotopic (exact) mass is 395 g/mol. The molecule has 0 saturated carbocycles. The van der Waals surface area contributed by atoms with E-state index in [0.29, 0.717) is 31.9 Å². The molecular weight excluding hydrogens is 366 g/mol. The lowest BCUT2D eigenvalue weighted by Gasteiger charge is -2.35. The van der Waals surface area contributed by atoms with Crippen molar-refractivity contribution < 1.29 is 12.9 Å². The Morgan fingerprint density at radius 2 is 2.15 bits per heavy atom. The lowest BCUT2D eigenvalue weighted by Crippen LogP contribution is -2.53. The normalized spacial score (nSPS) is 19.4. The van der Waals surface area contributed by atoms with Gasteiger partial charge in [-0.1, -0.05) is 16.8 Å². The first-order valence-electron chi connectivity index (χ1n) is 9.67. The lowest BCUT2D eigenvalue weighted by molar-refractivity contribution is 0.260. The van der Waals surface area contributed by atoms with E-state index in [1.54, 1.807) is 6.07 Å². The van der Waals surface area contributed by atoms with Gasteiger partial charge in [0.25, 0.3) is 0 Å². The maximum absolute atomic E-state index is 12.5. The van der Waals surface area contributed by atoms with Gasteiger partial charge >= 0.3 is 0 Å². The van der Waals surface area contributed by atoms with Gasteiger partial charge < -0.3 is 14.7 Å². The molecule has 0 spiro atoms. The van der Waals surface area contributed by atoms with Crippen molar-refractivity contribution in [2.75, 3.05) is 39.3 Å². The van der Waals surface area contributed by atoms with Crippen molar-refractivity contribution in [3.8, 4) is 0 Å². The Bertz CT molecular complexity index is 750. The summed E-state index contributed by atoms with van der Waals surface area (Å²) < 4.78 is 31.4. The maximum atomic E-state index is 12.5. The van der Waals surface area contributed by atoms with Gasteiger partial charge in [0, 0.05) is 45.3 Å². The van der Waals surface area contributed by atoms with Crippen LogP contribution in [0, 0.1) is 0 Å². The van der Waals surface area contributed by atoms with Crippen LogP contribution >= 0.6 is 0 Å². The van der Waals surface area contributed by atoms with Crippen molar-refractivity contribution in [1.82, 2.24) is 19.7 Å². The summed E-state index contributed by atoms with van der Waals surface area (Å²) in [4.78, 5) is 6.90. The fourth-order valence-electron chi connectivity index (χ4n) is 3.46. The van der Waals surface area contributed by atoms with Crippen LogP contribution in [0.5, 0.6) is 0 Å². The number of nitrogens with one attached hydrogen (secondary N) is 1. The minimum atomic E-state index is -3.38. The molecule has 8 nitrogen and oxygen atoms in total. The minimum Gasteiger partial charge on any atom is -0.364 e. The molecule has 150 valence electrons. The van der Waals surface area contributed by atoms with Crippen LogP contribution in [0.3, 0.4) is 0 Å². The van der Waals surface area contributed by atoms with Crippen molar-refractivity contribution in [1.29, 1.82) is 0 Å². The number of rotatable bonds is 7. The summed E-state index contributed by atoms with van der Waals surface area (Å²) in [5, 5.41) is 7.04. The molecule has 1 aliphatic heterocycles. The molecular formula is C18H29N5O3S. The summed E-state index contributed by atoms with van der Waals surface area (Å²) in [6.45, 7) is 5.79. The third-order valence-corrected chi connectivity index (χ3v) is 6.73. The zero-order valence-corrected chi connectivity index (χ0v) is 16.7. The Kier molecular flexibility index (Phi) is 6.89. The number of sulfonamides is 1. The van der Waals surface area contributed by atoms with E-state index in [0.717, 1.165) is 25.5 Å². The van der Waals surface area contributed by atoms with Gasteiger partial charge in [-0.05, 0) is 32.6 Å². The number of allylic oxidation sites excluding steroid dienone is 1. The van der Waals surface area contributed by atoms with E-state index >= 15 is 0 Å². The van der Waals surface area contributed by atoms with E-state index < -0.39 is 10.0 Å². The zero-order valence-electron chi connectivity index (χ0n) is 15.9. The number of aromatic nitrogens is 1. The van der Waals surface area contributed by atoms with Crippen LogP contribution in [0.25, 0.3) is 0 Å². The van der Waals surface area contributed by atoms with Crippen LogP contribution in [0.15, 0.2) is 33.5 Å². The van der Waals surface area contributed by atoms with Crippen LogP contribution in [0.2, 0.25) is 0 Å². The van der Waals surface area contributed by atoms with Crippen molar-refractivity contribution in [2.45, 2.75) is 38.4 Å². The van der Waals surface area contributed by atoms with E-state index in [1.807, 2.05) is 6.92 Å². The van der Waals surface area contributed by atoms with Crippen molar-refractivity contribution in [3.05, 3.63) is 29.7 Å². The number of hydrogen-bond acceptors (Lipinski definition) is 5. The third-order valence-electron chi connectivity index (χ3n) is 4.92. The third kappa shape index (κ3) is 5.55. The van der Waals surface area contributed by atoms with Crippen LogP contribution in [0.4, 0.5) is 0 Å². The topological polar surface area (TPSA) is 91.0 Å². The highest BCUT2D eigenvalue weighted by Gasteiger charge is 2.28. The van der Waals surface area contributed by atoms with E-state index in [4.69, 9.17) is 9.52 Å². The summed E-state index contributed by atoms with van der Waals surface area (Å²) >= 11 is 0. The summed E-state index contributed by atoms with van der Waals surface area (Å²) in [6, 6.07) is 1.59. The van der Waals surface area contributed by atoms with Crippen molar-refractivity contribution in [2.24, 2.45) is 4.99 Å². The molecule has 9 heteroatoms. The Morgan fingerprint density at radius 3 is 2.78 bits per heavy atom. The fraction of sp³-hybridized carbons (Fsp3) is 0.667. The molecule has 0 unspecified atom stereocenters. The van der Waals surface area contributed by atoms with Crippen LogP contribution in [-0.2, 0) is 15.8 Å². The highest BCUT2D eigenvalue weighted by Crippen LogP contribution is 2.20. The molecule has 0 atom stereocenters. The first-order chi connectivity index (χ1) is 13.1. The zero-order chi connectivity index (χ0) is 19.1. The van der Waals surface area contributed by atoms with Gasteiger partial charge in [-0.25, -0.2) is 8.42 Å². The predicted octanol–water partition coefficient (Wildman–Crippen LogP) is 1.59. The average molecular weight is 396 g/mol. The smallest absolute Gasteiger partial charge is 0.220 e. The van der Waals surface area contributed by atoms with E-state index in [9.17, 15) is 8.42 Å². The van der Waals surface area contributed by atoms with Crippen LogP contribution < -0.4 is 5.32 Å². The number of hydrogen-bond donors (Lipinski definition) is 1. The minimum absolute atomic E-state index is 0.118. The molecule has 0 amide bonds. The Labute approximate surface area is 161 Å². The molecule has 27 heavy (non-hydrogen) atoms. The Morgan fingerprint density at radius 1 is 1.33 bits per heavy atom. The SMILES string of the molecule is CCNC(=NCCC1=CCCC1)N1CCN(S(=O)(=O)Cc2ccon2)CC1.